The van der Waals surface area contributed by atoms with Gasteiger partial charge in [-0.15, -0.1) is 11.3 Å². The molecule has 0 spiro atoms. The number of amides is 1. The van der Waals surface area contributed by atoms with Crippen LogP contribution in [-0.2, 0) is 4.79 Å². The second-order valence-electron chi connectivity index (χ2n) is 5.37. The minimum Gasteiger partial charge on any atom is -0.293 e. The summed E-state index contributed by atoms with van der Waals surface area (Å²) in [7, 11) is 0. The molecule has 1 amide bonds. The summed E-state index contributed by atoms with van der Waals surface area (Å²) in [6, 6.07) is 0. The zero-order chi connectivity index (χ0) is 14.8. The lowest BCUT2D eigenvalue weighted by molar-refractivity contribution is -0.121. The molecule has 6 heteroatoms. The Labute approximate surface area is 138 Å². The van der Waals surface area contributed by atoms with Gasteiger partial charge >= 0.3 is 0 Å². The van der Waals surface area contributed by atoms with Crippen LogP contribution in [0.15, 0.2) is 10.3 Å². The third kappa shape index (κ3) is 3.22. The molecule has 3 nitrogen and oxygen atoms in total. The first-order valence-electron chi connectivity index (χ1n) is 7.40. The third-order valence-electron chi connectivity index (χ3n) is 3.96. The highest BCUT2D eigenvalue weighted by Gasteiger charge is 2.30. The molecular formula is C15H18N2OS3. The number of thiazole rings is 1. The monoisotopic (exact) mass is 338 g/mol. The molecule has 3 rings (SSSR count). The van der Waals surface area contributed by atoms with E-state index in [1.807, 2.05) is 13.0 Å². The van der Waals surface area contributed by atoms with E-state index in [4.69, 9.17) is 17.2 Å². The van der Waals surface area contributed by atoms with Crippen LogP contribution in [0, 0.1) is 0 Å². The first-order chi connectivity index (χ1) is 10.2. The Morgan fingerprint density at radius 1 is 1.43 bits per heavy atom. The molecule has 0 radical (unpaired) electrons. The zero-order valence-corrected chi connectivity index (χ0v) is 14.5. The number of hydrogen-bond acceptors (Lipinski definition) is 5. The Hall–Kier alpha value is -0.720. The van der Waals surface area contributed by atoms with Crippen LogP contribution >= 0.6 is 35.3 Å². The lowest BCUT2D eigenvalue weighted by Crippen LogP contribution is -2.27. The molecule has 2 fully saturated rings. The Kier molecular flexibility index (Phi) is 4.76. The minimum atomic E-state index is 0.0136. The Balaban J connectivity index is 1.76. The van der Waals surface area contributed by atoms with Crippen molar-refractivity contribution in [2.75, 3.05) is 6.54 Å². The van der Waals surface area contributed by atoms with Gasteiger partial charge in [-0.1, -0.05) is 43.2 Å². The van der Waals surface area contributed by atoms with Gasteiger partial charge in [0.1, 0.15) is 4.32 Å². The van der Waals surface area contributed by atoms with E-state index in [9.17, 15) is 4.79 Å². The van der Waals surface area contributed by atoms with Gasteiger partial charge in [0.25, 0.3) is 5.91 Å². The number of aromatic nitrogens is 1. The molecule has 1 saturated carbocycles. The van der Waals surface area contributed by atoms with E-state index < -0.39 is 0 Å². The average molecular weight is 339 g/mol. The maximum Gasteiger partial charge on any atom is 0.266 e. The van der Waals surface area contributed by atoms with Gasteiger partial charge in [0, 0.05) is 17.8 Å². The van der Waals surface area contributed by atoms with Crippen LogP contribution in [-0.4, -0.2) is 26.7 Å². The van der Waals surface area contributed by atoms with Crippen molar-refractivity contribution in [3.8, 4) is 0 Å². The van der Waals surface area contributed by atoms with E-state index in [0.717, 1.165) is 5.69 Å². The fraction of sp³-hybridized carbons (Fsp3) is 0.533. The molecule has 112 valence electrons. The van der Waals surface area contributed by atoms with E-state index in [2.05, 4.69) is 5.38 Å². The van der Waals surface area contributed by atoms with Gasteiger partial charge < -0.3 is 0 Å². The van der Waals surface area contributed by atoms with Gasteiger partial charge in [-0.25, -0.2) is 4.98 Å². The molecule has 0 N–H and O–H groups in total. The summed E-state index contributed by atoms with van der Waals surface area (Å²) >= 11 is 8.33. The molecule has 0 atom stereocenters. The standard InChI is InChI=1S/C15H18N2OS3/c1-2-17-14(18)12(21-15(17)19)8-11-9-20-13(16-11)10-6-4-3-5-7-10/h8-10H,2-7H2,1H3/b12-8-. The van der Waals surface area contributed by atoms with E-state index in [1.165, 1.54) is 48.9 Å². The fourth-order valence-corrected chi connectivity index (χ4v) is 5.13. The summed E-state index contributed by atoms with van der Waals surface area (Å²) in [4.78, 5) is 19.2. The quantitative estimate of drug-likeness (QED) is 0.604. The minimum absolute atomic E-state index is 0.0136. The lowest BCUT2D eigenvalue weighted by atomic mass is 9.90. The van der Waals surface area contributed by atoms with Gasteiger partial charge in [0.05, 0.1) is 15.6 Å². The van der Waals surface area contributed by atoms with Crippen LogP contribution in [0.5, 0.6) is 0 Å². The maximum absolute atomic E-state index is 12.2. The lowest BCUT2D eigenvalue weighted by Gasteiger charge is -2.18. The zero-order valence-electron chi connectivity index (χ0n) is 12.0. The van der Waals surface area contributed by atoms with E-state index in [-0.39, 0.29) is 5.91 Å². The van der Waals surface area contributed by atoms with E-state index in [0.29, 0.717) is 21.7 Å². The van der Waals surface area contributed by atoms with Crippen molar-refractivity contribution in [2.24, 2.45) is 0 Å². The van der Waals surface area contributed by atoms with Crippen LogP contribution in [0.1, 0.15) is 55.6 Å². The van der Waals surface area contributed by atoms with Gasteiger partial charge in [-0.2, -0.15) is 0 Å². The number of thioether (sulfide) groups is 1. The van der Waals surface area contributed by atoms with Crippen LogP contribution < -0.4 is 0 Å². The Bertz CT molecular complexity index is 587. The molecule has 1 saturated heterocycles. The molecule has 1 aromatic heterocycles. The van der Waals surface area contributed by atoms with Crippen molar-refractivity contribution in [1.29, 1.82) is 0 Å². The Morgan fingerprint density at radius 2 is 2.19 bits per heavy atom. The molecule has 1 aliphatic carbocycles. The first kappa shape index (κ1) is 15.2. The fourth-order valence-electron chi connectivity index (χ4n) is 2.81. The predicted octanol–water partition coefficient (Wildman–Crippen LogP) is 4.41. The highest BCUT2D eigenvalue weighted by Crippen LogP contribution is 2.36. The number of nitrogens with zero attached hydrogens (tertiary/aromatic N) is 2. The number of likely N-dealkylation sites (N-methyl/N-ethyl adjacent to an activating group) is 1. The third-order valence-corrected chi connectivity index (χ3v) is 6.37. The number of carbonyl (C=O) groups excluding carboxylic acids is 1. The number of thiocarbonyl (C=S) groups is 1. The summed E-state index contributed by atoms with van der Waals surface area (Å²) in [5.41, 5.74) is 0.900. The van der Waals surface area contributed by atoms with Crippen LogP contribution in [0.4, 0.5) is 0 Å². The number of hydrogen-bond donors (Lipinski definition) is 0. The second-order valence-corrected chi connectivity index (χ2v) is 7.94. The average Bonchev–Trinajstić information content (AvgIpc) is 3.06. The Morgan fingerprint density at radius 3 is 2.86 bits per heavy atom. The number of carbonyl (C=O) groups is 1. The van der Waals surface area contributed by atoms with Gasteiger partial charge in [0.2, 0.25) is 0 Å². The van der Waals surface area contributed by atoms with Crippen molar-refractivity contribution in [3.63, 3.8) is 0 Å². The second kappa shape index (κ2) is 6.58. The molecule has 2 heterocycles. The smallest absolute Gasteiger partial charge is 0.266 e. The molecular weight excluding hydrogens is 320 g/mol. The largest absolute Gasteiger partial charge is 0.293 e. The molecule has 21 heavy (non-hydrogen) atoms. The maximum atomic E-state index is 12.2. The summed E-state index contributed by atoms with van der Waals surface area (Å²) in [5, 5.41) is 3.29. The molecule has 2 aliphatic rings. The van der Waals surface area contributed by atoms with Crippen LogP contribution in [0.25, 0.3) is 6.08 Å². The predicted molar refractivity (Wildman–Crippen MR) is 93.5 cm³/mol. The van der Waals surface area contributed by atoms with Crippen molar-refractivity contribution in [3.05, 3.63) is 21.0 Å². The first-order valence-corrected chi connectivity index (χ1v) is 9.50. The molecule has 1 aliphatic heterocycles. The summed E-state index contributed by atoms with van der Waals surface area (Å²) in [5.74, 6) is 0.635. The SMILES string of the molecule is CCN1C(=O)/C(=C/c2csc(C3CCCCC3)n2)SC1=S. The molecule has 1 aromatic rings. The van der Waals surface area contributed by atoms with Gasteiger partial charge in [0.15, 0.2) is 0 Å². The molecule has 0 bridgehead atoms. The topological polar surface area (TPSA) is 33.2 Å². The van der Waals surface area contributed by atoms with Crippen LogP contribution in [0.2, 0.25) is 0 Å². The van der Waals surface area contributed by atoms with Gasteiger partial charge in [-0.05, 0) is 25.8 Å². The van der Waals surface area contributed by atoms with Crippen molar-refractivity contribution >= 4 is 51.6 Å². The highest BCUT2D eigenvalue weighted by molar-refractivity contribution is 8.26. The van der Waals surface area contributed by atoms with E-state index >= 15 is 0 Å². The molecule has 0 unspecified atom stereocenters. The van der Waals surface area contributed by atoms with Crippen molar-refractivity contribution < 1.29 is 4.79 Å². The van der Waals surface area contributed by atoms with Crippen molar-refractivity contribution in [1.82, 2.24) is 9.88 Å². The van der Waals surface area contributed by atoms with Gasteiger partial charge in [-0.3, -0.25) is 9.69 Å². The number of rotatable bonds is 3. The van der Waals surface area contributed by atoms with E-state index in [1.54, 1.807) is 16.2 Å². The summed E-state index contributed by atoms with van der Waals surface area (Å²) in [6.07, 6.45) is 8.38. The highest BCUT2D eigenvalue weighted by atomic mass is 32.2. The summed E-state index contributed by atoms with van der Waals surface area (Å²) in [6.45, 7) is 2.57. The van der Waals surface area contributed by atoms with Crippen LogP contribution in [0.3, 0.4) is 0 Å². The summed E-state index contributed by atoms with van der Waals surface area (Å²) < 4.78 is 0.650. The molecule has 0 aromatic carbocycles. The normalized spacial score (nSPS) is 22.5. The van der Waals surface area contributed by atoms with Crippen molar-refractivity contribution in [2.45, 2.75) is 44.9 Å².